The minimum absolute atomic E-state index is 1.09. The van der Waals surface area contributed by atoms with Crippen molar-refractivity contribution in [1.82, 2.24) is 4.57 Å². The summed E-state index contributed by atoms with van der Waals surface area (Å²) in [6, 6.07) is 32.0. The zero-order chi connectivity index (χ0) is 18.4. The van der Waals surface area contributed by atoms with E-state index < -0.39 is 0 Å². The Hall–Kier alpha value is -2.36. The van der Waals surface area contributed by atoms with Crippen LogP contribution >= 0.6 is 31.9 Å². The second-order valence-electron chi connectivity index (χ2n) is 6.52. The first-order valence-corrected chi connectivity index (χ1v) is 10.4. The van der Waals surface area contributed by atoms with Gasteiger partial charge in [0.25, 0.3) is 0 Å². The molecule has 130 valence electrons. The van der Waals surface area contributed by atoms with Crippen molar-refractivity contribution in [3.05, 3.63) is 99.9 Å². The van der Waals surface area contributed by atoms with Crippen molar-refractivity contribution < 1.29 is 0 Å². The summed E-state index contributed by atoms with van der Waals surface area (Å²) in [5.74, 6) is 0. The Morgan fingerprint density at radius 3 is 2.04 bits per heavy atom. The van der Waals surface area contributed by atoms with Crippen LogP contribution in [0.5, 0.6) is 0 Å². The summed E-state index contributed by atoms with van der Waals surface area (Å²) >= 11 is 7.51. The minimum Gasteiger partial charge on any atom is -0.309 e. The molecule has 0 bridgehead atoms. The molecule has 0 aliphatic heterocycles. The lowest BCUT2D eigenvalue weighted by atomic mass is 10.0. The zero-order valence-corrected chi connectivity index (χ0v) is 17.5. The van der Waals surface area contributed by atoms with Gasteiger partial charge in [0.05, 0.1) is 11.0 Å². The van der Waals surface area contributed by atoms with Gasteiger partial charge in [-0.3, -0.25) is 0 Å². The topological polar surface area (TPSA) is 4.93 Å². The number of fused-ring (bicyclic) bond motifs is 3. The molecule has 0 N–H and O–H groups in total. The summed E-state index contributed by atoms with van der Waals surface area (Å²) < 4.78 is 4.53. The maximum Gasteiger partial charge on any atom is 0.0548 e. The first-order chi connectivity index (χ1) is 13.2. The smallest absolute Gasteiger partial charge is 0.0548 e. The number of aromatic nitrogens is 1. The van der Waals surface area contributed by atoms with Crippen LogP contribution in [0.3, 0.4) is 0 Å². The summed E-state index contributed by atoms with van der Waals surface area (Å²) in [6.07, 6.45) is 0. The van der Waals surface area contributed by atoms with Gasteiger partial charge in [-0.2, -0.15) is 0 Å². The van der Waals surface area contributed by atoms with Crippen LogP contribution in [0.4, 0.5) is 0 Å². The fourth-order valence-electron chi connectivity index (χ4n) is 3.73. The van der Waals surface area contributed by atoms with Crippen molar-refractivity contribution in [3.8, 4) is 16.8 Å². The Bertz CT molecular complexity index is 1290. The molecule has 0 spiro atoms. The van der Waals surface area contributed by atoms with Crippen molar-refractivity contribution in [2.24, 2.45) is 0 Å². The number of rotatable bonds is 2. The van der Waals surface area contributed by atoms with Crippen LogP contribution in [0.25, 0.3) is 38.6 Å². The van der Waals surface area contributed by atoms with Crippen LogP contribution < -0.4 is 0 Å². The average molecular weight is 477 g/mol. The second-order valence-corrected chi connectivity index (χ2v) is 8.23. The van der Waals surface area contributed by atoms with E-state index in [0.717, 1.165) is 8.95 Å². The van der Waals surface area contributed by atoms with E-state index in [0.29, 0.717) is 0 Å². The first-order valence-electron chi connectivity index (χ1n) is 8.77. The minimum atomic E-state index is 1.09. The van der Waals surface area contributed by atoms with Gasteiger partial charge in [0.15, 0.2) is 0 Å². The molecule has 0 saturated heterocycles. The maximum absolute atomic E-state index is 3.81. The molecule has 5 rings (SSSR count). The molecular weight excluding hydrogens is 462 g/mol. The van der Waals surface area contributed by atoms with Crippen LogP contribution in [0.15, 0.2) is 99.9 Å². The number of hydrogen-bond acceptors (Lipinski definition) is 0. The summed E-state index contributed by atoms with van der Waals surface area (Å²) in [7, 11) is 0. The van der Waals surface area contributed by atoms with Crippen LogP contribution in [-0.4, -0.2) is 4.57 Å². The van der Waals surface area contributed by atoms with E-state index >= 15 is 0 Å². The lowest BCUT2D eigenvalue weighted by Crippen LogP contribution is -1.93. The van der Waals surface area contributed by atoms with Crippen molar-refractivity contribution in [2.75, 3.05) is 0 Å². The molecule has 0 fully saturated rings. The quantitative estimate of drug-likeness (QED) is 0.243. The van der Waals surface area contributed by atoms with Crippen LogP contribution in [0.2, 0.25) is 0 Å². The van der Waals surface area contributed by atoms with Gasteiger partial charge in [0, 0.05) is 25.4 Å². The standard InChI is InChI=1S/C24H15Br2N/c25-21-12-6-4-10-17(21)19-15-24-20(14-22(19)26)18-11-5-7-13-23(18)27(24)16-8-2-1-3-9-16/h1-15H. The number of benzene rings is 4. The Kier molecular flexibility index (Phi) is 4.14. The van der Waals surface area contributed by atoms with E-state index in [1.807, 2.05) is 6.07 Å². The molecule has 0 aliphatic rings. The van der Waals surface area contributed by atoms with Gasteiger partial charge in [0.2, 0.25) is 0 Å². The molecule has 0 saturated carbocycles. The third kappa shape index (κ3) is 2.73. The Morgan fingerprint density at radius 2 is 1.22 bits per heavy atom. The third-order valence-electron chi connectivity index (χ3n) is 4.94. The number of para-hydroxylation sites is 2. The van der Waals surface area contributed by atoms with Crippen LogP contribution in [-0.2, 0) is 0 Å². The molecular formula is C24H15Br2N. The highest BCUT2D eigenvalue weighted by atomic mass is 79.9. The Balaban J connectivity index is 1.92. The highest BCUT2D eigenvalue weighted by Crippen LogP contribution is 2.40. The Morgan fingerprint density at radius 1 is 0.519 bits per heavy atom. The molecule has 0 aliphatic carbocycles. The van der Waals surface area contributed by atoms with Gasteiger partial charge in [-0.25, -0.2) is 0 Å². The molecule has 0 amide bonds. The third-order valence-corrected chi connectivity index (χ3v) is 6.29. The average Bonchev–Trinajstić information content (AvgIpc) is 3.02. The van der Waals surface area contributed by atoms with Crippen molar-refractivity contribution in [2.45, 2.75) is 0 Å². The van der Waals surface area contributed by atoms with Crippen molar-refractivity contribution in [3.63, 3.8) is 0 Å². The molecule has 27 heavy (non-hydrogen) atoms. The summed E-state index contributed by atoms with van der Waals surface area (Å²) in [5, 5.41) is 2.51. The first kappa shape index (κ1) is 16.8. The summed E-state index contributed by atoms with van der Waals surface area (Å²) in [6.45, 7) is 0. The molecule has 5 aromatic rings. The molecule has 3 heteroatoms. The lowest BCUT2D eigenvalue weighted by molar-refractivity contribution is 1.18. The van der Waals surface area contributed by atoms with Gasteiger partial charge in [-0.15, -0.1) is 0 Å². The molecule has 0 radical (unpaired) electrons. The van der Waals surface area contributed by atoms with Crippen LogP contribution in [0.1, 0.15) is 0 Å². The normalized spacial score (nSPS) is 11.3. The van der Waals surface area contributed by atoms with E-state index in [1.54, 1.807) is 0 Å². The fraction of sp³-hybridized carbons (Fsp3) is 0. The molecule has 1 heterocycles. The van der Waals surface area contributed by atoms with Crippen LogP contribution in [0, 0.1) is 0 Å². The van der Waals surface area contributed by atoms with E-state index in [9.17, 15) is 0 Å². The highest BCUT2D eigenvalue weighted by molar-refractivity contribution is 9.11. The number of nitrogens with zero attached hydrogens (tertiary/aromatic N) is 1. The van der Waals surface area contributed by atoms with Gasteiger partial charge >= 0.3 is 0 Å². The molecule has 1 aromatic heterocycles. The molecule has 0 unspecified atom stereocenters. The Labute approximate surface area is 174 Å². The van der Waals surface area contributed by atoms with Gasteiger partial charge in [0.1, 0.15) is 0 Å². The van der Waals surface area contributed by atoms with Crippen molar-refractivity contribution in [1.29, 1.82) is 0 Å². The SMILES string of the molecule is Brc1ccccc1-c1cc2c(cc1Br)c1ccccc1n2-c1ccccc1. The van der Waals surface area contributed by atoms with E-state index in [1.165, 1.54) is 38.6 Å². The highest BCUT2D eigenvalue weighted by Gasteiger charge is 2.16. The molecule has 0 atom stereocenters. The maximum atomic E-state index is 3.81. The fourth-order valence-corrected chi connectivity index (χ4v) is 4.79. The number of halogens is 2. The van der Waals surface area contributed by atoms with Crippen molar-refractivity contribution >= 4 is 53.7 Å². The predicted molar refractivity (Wildman–Crippen MR) is 122 cm³/mol. The number of hydrogen-bond donors (Lipinski definition) is 0. The van der Waals surface area contributed by atoms with Gasteiger partial charge < -0.3 is 4.57 Å². The lowest BCUT2D eigenvalue weighted by Gasteiger charge is -2.11. The largest absolute Gasteiger partial charge is 0.309 e. The summed E-state index contributed by atoms with van der Waals surface area (Å²) in [4.78, 5) is 0. The van der Waals surface area contributed by atoms with E-state index in [4.69, 9.17) is 0 Å². The predicted octanol–water partition coefficient (Wildman–Crippen LogP) is 7.98. The van der Waals surface area contributed by atoms with E-state index in [2.05, 4.69) is 121 Å². The molecule has 1 nitrogen and oxygen atoms in total. The molecule has 4 aromatic carbocycles. The van der Waals surface area contributed by atoms with Gasteiger partial charge in [-0.05, 0) is 47.5 Å². The zero-order valence-electron chi connectivity index (χ0n) is 14.4. The monoisotopic (exact) mass is 475 g/mol. The van der Waals surface area contributed by atoms with E-state index in [-0.39, 0.29) is 0 Å². The summed E-state index contributed by atoms with van der Waals surface area (Å²) in [5.41, 5.74) is 5.95. The second kappa shape index (κ2) is 6.66. The van der Waals surface area contributed by atoms with Gasteiger partial charge in [-0.1, -0.05) is 86.5 Å².